The highest BCUT2D eigenvalue weighted by Gasteiger charge is 2.02. The van der Waals surface area contributed by atoms with E-state index in [-0.39, 0.29) is 0 Å². The second-order valence-corrected chi connectivity index (χ2v) is 4.10. The van der Waals surface area contributed by atoms with E-state index in [1.165, 1.54) is 17.1 Å². The molecule has 1 heterocycles. The Kier molecular flexibility index (Phi) is 3.48. The highest BCUT2D eigenvalue weighted by Crippen LogP contribution is 2.22. The highest BCUT2D eigenvalue weighted by molar-refractivity contribution is 7.07. The van der Waals surface area contributed by atoms with Crippen molar-refractivity contribution in [3.63, 3.8) is 0 Å². The number of nitrogens with zero attached hydrogens (tertiary/aromatic N) is 2. The summed E-state index contributed by atoms with van der Waals surface area (Å²) in [5.74, 6) is 1.53. The van der Waals surface area contributed by atoms with Crippen LogP contribution in [-0.4, -0.2) is 16.4 Å². The number of aryl methyl sites for hydroxylation is 1. The van der Waals surface area contributed by atoms with Crippen molar-refractivity contribution in [2.24, 2.45) is 0 Å². The summed E-state index contributed by atoms with van der Waals surface area (Å²) in [5, 5.41) is 3.68. The van der Waals surface area contributed by atoms with E-state index in [1.807, 2.05) is 38.2 Å². The fraction of sp³-hybridized carbons (Fsp3) is 0.273. The van der Waals surface area contributed by atoms with Gasteiger partial charge in [0.05, 0.1) is 0 Å². The quantitative estimate of drug-likeness (QED) is 0.883. The van der Waals surface area contributed by atoms with Crippen LogP contribution in [0.25, 0.3) is 0 Å². The van der Waals surface area contributed by atoms with Crippen LogP contribution in [0.2, 0.25) is 0 Å². The topological polar surface area (TPSA) is 47.0 Å². The van der Waals surface area contributed by atoms with E-state index in [2.05, 4.69) is 14.7 Å². The summed E-state index contributed by atoms with van der Waals surface area (Å²) in [6.07, 6.45) is 0. The van der Waals surface area contributed by atoms with Gasteiger partial charge in [0.15, 0.2) is 0 Å². The van der Waals surface area contributed by atoms with E-state index in [1.54, 1.807) is 0 Å². The first-order valence-corrected chi connectivity index (χ1v) is 5.77. The minimum absolute atomic E-state index is 0.582. The Balaban J connectivity index is 2.05. The molecule has 0 saturated carbocycles. The minimum atomic E-state index is 0.582. The molecule has 1 N–H and O–H groups in total. The molecule has 2 aromatic rings. The predicted octanol–water partition coefficient (Wildman–Crippen LogP) is 2.36. The van der Waals surface area contributed by atoms with Crippen molar-refractivity contribution in [1.82, 2.24) is 14.7 Å². The summed E-state index contributed by atoms with van der Waals surface area (Å²) >= 11 is 1.26. The third kappa shape index (κ3) is 2.77. The Morgan fingerprint density at radius 1 is 1.31 bits per heavy atom. The average Bonchev–Trinajstić information content (AvgIpc) is 2.67. The lowest BCUT2D eigenvalue weighted by atomic mass is 10.2. The van der Waals surface area contributed by atoms with Gasteiger partial charge in [0, 0.05) is 18.1 Å². The van der Waals surface area contributed by atoms with Gasteiger partial charge in [0.25, 0.3) is 5.19 Å². The largest absolute Gasteiger partial charge is 0.430 e. The van der Waals surface area contributed by atoms with Crippen molar-refractivity contribution in [2.75, 3.05) is 7.05 Å². The van der Waals surface area contributed by atoms with Crippen molar-refractivity contribution in [1.29, 1.82) is 0 Å². The van der Waals surface area contributed by atoms with Gasteiger partial charge in [0.1, 0.15) is 11.6 Å². The van der Waals surface area contributed by atoms with Gasteiger partial charge in [-0.2, -0.15) is 9.36 Å². The molecule has 16 heavy (non-hydrogen) atoms. The molecule has 0 radical (unpaired) electrons. The van der Waals surface area contributed by atoms with E-state index >= 15 is 0 Å². The monoisotopic (exact) mass is 235 g/mol. The summed E-state index contributed by atoms with van der Waals surface area (Å²) in [6, 6.07) is 7.92. The molecule has 5 heteroatoms. The average molecular weight is 235 g/mol. The molecule has 0 saturated heterocycles. The Morgan fingerprint density at radius 2 is 2.06 bits per heavy atom. The van der Waals surface area contributed by atoms with E-state index in [9.17, 15) is 0 Å². The fourth-order valence-corrected chi connectivity index (χ4v) is 1.86. The number of aromatic nitrogens is 2. The van der Waals surface area contributed by atoms with Crippen molar-refractivity contribution in [3.05, 3.63) is 35.7 Å². The number of ether oxygens (including phenoxy) is 1. The van der Waals surface area contributed by atoms with Crippen LogP contribution in [0, 0.1) is 6.92 Å². The molecule has 2 rings (SSSR count). The summed E-state index contributed by atoms with van der Waals surface area (Å²) in [4.78, 5) is 4.14. The lowest BCUT2D eigenvalue weighted by Crippen LogP contribution is -2.04. The van der Waals surface area contributed by atoms with Gasteiger partial charge in [0.2, 0.25) is 0 Å². The standard InChI is InChI=1S/C11H13N3OS/c1-8-13-11(16-14-8)15-10-5-3-9(4-6-10)7-12-2/h3-6,12H,7H2,1-2H3. The van der Waals surface area contributed by atoms with Crippen LogP contribution >= 0.6 is 11.5 Å². The molecule has 0 amide bonds. The first-order chi connectivity index (χ1) is 7.78. The number of benzene rings is 1. The van der Waals surface area contributed by atoms with Gasteiger partial charge in [-0.1, -0.05) is 12.1 Å². The van der Waals surface area contributed by atoms with Gasteiger partial charge in [-0.05, 0) is 31.7 Å². The normalized spacial score (nSPS) is 10.4. The zero-order valence-electron chi connectivity index (χ0n) is 9.23. The zero-order chi connectivity index (χ0) is 11.4. The molecule has 0 aliphatic heterocycles. The second-order valence-electron chi connectivity index (χ2n) is 3.38. The molecular weight excluding hydrogens is 222 g/mol. The second kappa shape index (κ2) is 5.05. The predicted molar refractivity (Wildman–Crippen MR) is 63.9 cm³/mol. The van der Waals surface area contributed by atoms with Gasteiger partial charge in [-0.15, -0.1) is 0 Å². The minimum Gasteiger partial charge on any atom is -0.430 e. The van der Waals surface area contributed by atoms with Crippen LogP contribution in [0.3, 0.4) is 0 Å². The molecule has 4 nitrogen and oxygen atoms in total. The van der Waals surface area contributed by atoms with Crippen molar-refractivity contribution in [3.8, 4) is 10.9 Å². The molecule has 84 valence electrons. The summed E-state index contributed by atoms with van der Waals surface area (Å²) in [6.45, 7) is 2.71. The van der Waals surface area contributed by atoms with Gasteiger partial charge in [-0.25, -0.2) is 0 Å². The lowest BCUT2D eigenvalue weighted by molar-refractivity contribution is 0.477. The van der Waals surface area contributed by atoms with E-state index < -0.39 is 0 Å². The molecule has 0 fully saturated rings. The highest BCUT2D eigenvalue weighted by atomic mass is 32.1. The van der Waals surface area contributed by atoms with E-state index in [4.69, 9.17) is 4.74 Å². The van der Waals surface area contributed by atoms with Gasteiger partial charge >= 0.3 is 0 Å². The Hall–Kier alpha value is -1.46. The molecule has 0 atom stereocenters. The maximum atomic E-state index is 5.56. The molecule has 0 aliphatic rings. The zero-order valence-corrected chi connectivity index (χ0v) is 10.0. The molecular formula is C11H13N3OS. The van der Waals surface area contributed by atoms with E-state index in [0.29, 0.717) is 5.19 Å². The molecule has 0 aliphatic carbocycles. The van der Waals surface area contributed by atoms with Crippen LogP contribution in [0.1, 0.15) is 11.4 Å². The third-order valence-corrected chi connectivity index (χ3v) is 2.70. The summed E-state index contributed by atoms with van der Waals surface area (Å²) in [5.41, 5.74) is 1.23. The Morgan fingerprint density at radius 3 is 2.62 bits per heavy atom. The van der Waals surface area contributed by atoms with Crippen LogP contribution in [0.4, 0.5) is 0 Å². The first-order valence-electron chi connectivity index (χ1n) is 4.99. The third-order valence-electron chi connectivity index (χ3n) is 2.02. The van der Waals surface area contributed by atoms with Crippen LogP contribution in [-0.2, 0) is 6.54 Å². The SMILES string of the molecule is CNCc1ccc(Oc2nc(C)ns2)cc1. The molecule has 0 unspecified atom stereocenters. The Bertz CT molecular complexity index is 453. The lowest BCUT2D eigenvalue weighted by Gasteiger charge is -2.03. The number of hydrogen-bond donors (Lipinski definition) is 1. The smallest absolute Gasteiger partial charge is 0.298 e. The van der Waals surface area contributed by atoms with E-state index in [0.717, 1.165) is 18.1 Å². The molecule has 0 bridgehead atoms. The maximum absolute atomic E-state index is 5.56. The molecule has 0 spiro atoms. The van der Waals surface area contributed by atoms with Gasteiger partial charge in [-0.3, -0.25) is 0 Å². The first kappa shape index (κ1) is 11.0. The maximum Gasteiger partial charge on any atom is 0.298 e. The fourth-order valence-electron chi connectivity index (χ4n) is 1.30. The van der Waals surface area contributed by atoms with Crippen molar-refractivity contribution >= 4 is 11.5 Å². The number of nitrogens with one attached hydrogen (secondary N) is 1. The van der Waals surface area contributed by atoms with Crippen LogP contribution in [0.5, 0.6) is 10.9 Å². The Labute approximate surface area is 98.5 Å². The van der Waals surface area contributed by atoms with Crippen LogP contribution < -0.4 is 10.1 Å². The number of rotatable bonds is 4. The van der Waals surface area contributed by atoms with Crippen LogP contribution in [0.15, 0.2) is 24.3 Å². The molecule has 1 aromatic heterocycles. The number of hydrogen-bond acceptors (Lipinski definition) is 5. The molecule has 1 aromatic carbocycles. The van der Waals surface area contributed by atoms with Crippen molar-refractivity contribution in [2.45, 2.75) is 13.5 Å². The summed E-state index contributed by atoms with van der Waals surface area (Å²) < 4.78 is 9.61. The summed E-state index contributed by atoms with van der Waals surface area (Å²) in [7, 11) is 1.93. The van der Waals surface area contributed by atoms with Gasteiger partial charge < -0.3 is 10.1 Å². The van der Waals surface area contributed by atoms with Crippen molar-refractivity contribution < 1.29 is 4.74 Å².